The highest BCUT2D eigenvalue weighted by molar-refractivity contribution is 9.10. The van der Waals surface area contributed by atoms with Crippen molar-refractivity contribution in [2.45, 2.75) is 4.90 Å². The van der Waals surface area contributed by atoms with Crippen LogP contribution in [0.5, 0.6) is 0 Å². The maximum absolute atomic E-state index is 12.0. The number of rotatable bonds is 3. The average Bonchev–Trinajstić information content (AvgIpc) is 2.36. The number of sulfonamides is 1. The van der Waals surface area contributed by atoms with Crippen molar-refractivity contribution in [3.63, 3.8) is 0 Å². The zero-order valence-electron chi connectivity index (χ0n) is 10.9. The highest BCUT2D eigenvalue weighted by Gasteiger charge is 2.18. The van der Waals surface area contributed by atoms with Crippen molar-refractivity contribution >= 4 is 55.2 Å². The second kappa shape index (κ2) is 6.51. The fourth-order valence-electron chi connectivity index (χ4n) is 1.54. The Morgan fingerprint density at radius 1 is 1.27 bits per heavy atom. The summed E-state index contributed by atoms with van der Waals surface area (Å²) in [7, 11) is -4.04. The fourth-order valence-corrected chi connectivity index (χ4v) is 3.20. The molecule has 22 heavy (non-hydrogen) atoms. The molecule has 0 aliphatic carbocycles. The molecule has 0 atom stereocenters. The molecule has 0 unspecified atom stereocenters. The number of nitrogens with one attached hydrogen (secondary N) is 2. The Morgan fingerprint density at radius 2 is 2.00 bits per heavy atom. The summed E-state index contributed by atoms with van der Waals surface area (Å²) < 4.78 is 26.5. The summed E-state index contributed by atoms with van der Waals surface area (Å²) in [5.74, 6) is 0.271. The highest BCUT2D eigenvalue weighted by atomic mass is 79.9. The summed E-state index contributed by atoms with van der Waals surface area (Å²) in [6.45, 7) is 0. The highest BCUT2D eigenvalue weighted by Crippen LogP contribution is 2.18. The Balaban J connectivity index is 2.14. The van der Waals surface area contributed by atoms with Gasteiger partial charge in [-0.25, -0.2) is 22.9 Å². The van der Waals surface area contributed by atoms with Crippen molar-refractivity contribution < 1.29 is 13.2 Å². The number of benzene rings is 1. The molecule has 116 valence electrons. The van der Waals surface area contributed by atoms with Crippen molar-refractivity contribution in [1.82, 2.24) is 9.71 Å². The smallest absolute Gasteiger partial charge is 0.334 e. The Labute approximate surface area is 140 Å². The number of nitrogens with two attached hydrogens (primary N) is 1. The van der Waals surface area contributed by atoms with E-state index in [2.05, 4.69) is 26.2 Å². The van der Waals surface area contributed by atoms with Crippen LogP contribution < -0.4 is 15.8 Å². The maximum atomic E-state index is 12.0. The Morgan fingerprint density at radius 3 is 2.64 bits per heavy atom. The molecule has 1 aromatic heterocycles. The summed E-state index contributed by atoms with van der Waals surface area (Å²) in [5, 5.41) is 2.52. The molecule has 2 amide bonds. The van der Waals surface area contributed by atoms with Crippen LogP contribution in [0, 0.1) is 0 Å². The van der Waals surface area contributed by atoms with Gasteiger partial charge in [-0.05, 0) is 30.3 Å². The Hall–Kier alpha value is -1.84. The van der Waals surface area contributed by atoms with E-state index >= 15 is 0 Å². The molecule has 7 nitrogen and oxygen atoms in total. The third-order valence-corrected chi connectivity index (χ3v) is 4.41. The second-order valence-corrected chi connectivity index (χ2v) is 7.15. The van der Waals surface area contributed by atoms with Gasteiger partial charge < -0.3 is 5.73 Å². The van der Waals surface area contributed by atoms with E-state index in [1.54, 1.807) is 0 Å². The molecule has 0 aliphatic heterocycles. The van der Waals surface area contributed by atoms with Crippen LogP contribution in [0.15, 0.2) is 45.8 Å². The van der Waals surface area contributed by atoms with Crippen LogP contribution in [-0.2, 0) is 10.0 Å². The molecule has 0 spiro atoms. The third-order valence-electron chi connectivity index (χ3n) is 2.38. The molecule has 0 radical (unpaired) electrons. The minimum absolute atomic E-state index is 0.102. The van der Waals surface area contributed by atoms with Crippen LogP contribution in [0.3, 0.4) is 0 Å². The fraction of sp³-hybridized carbons (Fsp3) is 0. The Kier molecular flexibility index (Phi) is 4.89. The number of aromatic nitrogens is 1. The van der Waals surface area contributed by atoms with Gasteiger partial charge in [0, 0.05) is 9.50 Å². The van der Waals surface area contributed by atoms with Gasteiger partial charge in [-0.3, -0.25) is 5.32 Å². The molecule has 0 saturated carbocycles. The molecule has 2 rings (SSSR count). The molecular formula is C12H10BrClN4O3S. The second-order valence-electron chi connectivity index (χ2n) is 4.11. The molecule has 1 aromatic carbocycles. The molecule has 0 aliphatic rings. The first-order valence-electron chi connectivity index (χ1n) is 5.79. The largest absolute Gasteiger partial charge is 0.384 e. The number of hydrogen-bond donors (Lipinski definition) is 3. The number of carbonyl (C=O) groups excluding carboxylic acids is 1. The van der Waals surface area contributed by atoms with Gasteiger partial charge in [0.25, 0.3) is 10.0 Å². The summed E-state index contributed by atoms with van der Waals surface area (Å²) in [6, 6.07) is 7.57. The van der Waals surface area contributed by atoms with E-state index < -0.39 is 16.1 Å². The van der Waals surface area contributed by atoms with Crippen molar-refractivity contribution in [3.8, 4) is 0 Å². The van der Waals surface area contributed by atoms with Crippen LogP contribution in [0.4, 0.5) is 16.4 Å². The van der Waals surface area contributed by atoms with Gasteiger partial charge in [-0.2, -0.15) is 0 Å². The molecule has 0 saturated heterocycles. The average molecular weight is 406 g/mol. The normalized spacial score (nSPS) is 11.0. The molecule has 1 heterocycles. The standard InChI is InChI=1S/C12H10BrClN4O3S/c13-7-4-10(15)16-11(5-7)17-12(19)18-22(20,21)9-3-1-2-8(14)6-9/h1-6H,(H4,15,16,17,18,19). The van der Waals surface area contributed by atoms with Crippen LogP contribution in [0.1, 0.15) is 0 Å². The minimum Gasteiger partial charge on any atom is -0.384 e. The van der Waals surface area contributed by atoms with Crippen LogP contribution >= 0.6 is 27.5 Å². The van der Waals surface area contributed by atoms with Gasteiger partial charge in [0.05, 0.1) is 4.90 Å². The molecule has 0 fully saturated rings. The molecule has 4 N–H and O–H groups in total. The number of pyridine rings is 1. The summed E-state index contributed by atoms with van der Waals surface area (Å²) in [4.78, 5) is 15.5. The topological polar surface area (TPSA) is 114 Å². The van der Waals surface area contributed by atoms with E-state index in [1.165, 1.54) is 36.4 Å². The van der Waals surface area contributed by atoms with Gasteiger partial charge in [0.2, 0.25) is 0 Å². The van der Waals surface area contributed by atoms with Gasteiger partial charge >= 0.3 is 6.03 Å². The number of hydrogen-bond acceptors (Lipinski definition) is 5. The van der Waals surface area contributed by atoms with E-state index in [-0.39, 0.29) is 21.6 Å². The summed E-state index contributed by atoms with van der Waals surface area (Å²) >= 11 is 8.91. The van der Waals surface area contributed by atoms with Crippen molar-refractivity contribution in [3.05, 3.63) is 45.9 Å². The van der Waals surface area contributed by atoms with Crippen LogP contribution in [-0.4, -0.2) is 19.4 Å². The molecule has 0 bridgehead atoms. The van der Waals surface area contributed by atoms with Gasteiger partial charge in [0.1, 0.15) is 11.6 Å². The first-order valence-corrected chi connectivity index (χ1v) is 8.44. The molecular weight excluding hydrogens is 396 g/mol. The van der Waals surface area contributed by atoms with Gasteiger partial charge in [-0.15, -0.1) is 0 Å². The number of anilines is 2. The summed E-state index contributed by atoms with van der Waals surface area (Å²) in [6.07, 6.45) is 0. The quantitative estimate of drug-likeness (QED) is 0.726. The maximum Gasteiger partial charge on any atom is 0.334 e. The molecule has 10 heteroatoms. The first-order chi connectivity index (χ1) is 10.3. The lowest BCUT2D eigenvalue weighted by molar-refractivity contribution is 0.256. The van der Waals surface area contributed by atoms with Crippen LogP contribution in [0.25, 0.3) is 0 Å². The number of nitrogen functional groups attached to an aromatic ring is 1. The lowest BCUT2D eigenvalue weighted by Gasteiger charge is -2.09. The minimum atomic E-state index is -4.04. The Bertz CT molecular complexity index is 809. The number of carbonyl (C=O) groups is 1. The number of amides is 2. The number of nitrogens with zero attached hydrogens (tertiary/aromatic N) is 1. The number of halogens is 2. The zero-order chi connectivity index (χ0) is 16.3. The van der Waals surface area contributed by atoms with E-state index in [0.29, 0.717) is 4.47 Å². The number of urea groups is 1. The van der Waals surface area contributed by atoms with E-state index in [9.17, 15) is 13.2 Å². The van der Waals surface area contributed by atoms with Crippen LogP contribution in [0.2, 0.25) is 5.02 Å². The summed E-state index contributed by atoms with van der Waals surface area (Å²) in [5.41, 5.74) is 5.52. The van der Waals surface area contributed by atoms with Crippen molar-refractivity contribution in [2.75, 3.05) is 11.1 Å². The lowest BCUT2D eigenvalue weighted by atomic mass is 10.4. The first kappa shape index (κ1) is 16.5. The third kappa shape index (κ3) is 4.33. The SMILES string of the molecule is Nc1cc(Br)cc(NC(=O)NS(=O)(=O)c2cccc(Cl)c2)n1. The van der Waals surface area contributed by atoms with Gasteiger partial charge in [-0.1, -0.05) is 33.6 Å². The predicted octanol–water partition coefficient (Wildman–Crippen LogP) is 2.59. The molecule has 2 aromatic rings. The zero-order valence-corrected chi connectivity index (χ0v) is 14.0. The monoisotopic (exact) mass is 404 g/mol. The van der Waals surface area contributed by atoms with E-state index in [0.717, 1.165) is 0 Å². The van der Waals surface area contributed by atoms with E-state index in [1.807, 2.05) is 4.72 Å². The van der Waals surface area contributed by atoms with Crippen molar-refractivity contribution in [2.24, 2.45) is 0 Å². The van der Waals surface area contributed by atoms with E-state index in [4.69, 9.17) is 17.3 Å². The van der Waals surface area contributed by atoms with Crippen molar-refractivity contribution in [1.29, 1.82) is 0 Å². The van der Waals surface area contributed by atoms with Gasteiger partial charge in [0.15, 0.2) is 0 Å². The predicted molar refractivity (Wildman–Crippen MR) is 87.1 cm³/mol. The lowest BCUT2D eigenvalue weighted by Crippen LogP contribution is -2.34.